The molecular formula is C17H35NO8S. The maximum absolute atomic E-state index is 11.7. The van der Waals surface area contributed by atoms with Gasteiger partial charge in [-0.2, -0.15) is 8.42 Å². The maximum atomic E-state index is 11.7. The summed E-state index contributed by atoms with van der Waals surface area (Å²) in [7, 11) is -4.32. The van der Waals surface area contributed by atoms with Gasteiger partial charge in [-0.3, -0.25) is 4.55 Å². The molecule has 0 aliphatic carbocycles. The van der Waals surface area contributed by atoms with Crippen molar-refractivity contribution in [1.29, 1.82) is 0 Å². The molecule has 0 aromatic heterocycles. The van der Waals surface area contributed by atoms with Gasteiger partial charge in [-0.05, 0) is 19.8 Å². The lowest BCUT2D eigenvalue weighted by atomic mass is 10.2. The molecular weight excluding hydrogens is 378 g/mol. The van der Waals surface area contributed by atoms with Crippen LogP contribution in [0.5, 0.6) is 0 Å². The number of rotatable bonds is 16. The summed E-state index contributed by atoms with van der Waals surface area (Å²) < 4.78 is 46.6. The van der Waals surface area contributed by atoms with Crippen molar-refractivity contribution in [3.8, 4) is 0 Å². The second kappa shape index (κ2) is 14.1. The Kier molecular flexibility index (Phi) is 13.6. The van der Waals surface area contributed by atoms with Crippen LogP contribution in [0, 0.1) is 0 Å². The minimum Gasteiger partial charge on any atom is -0.444 e. The molecule has 162 valence electrons. The number of alkyl carbamates (subject to hydrolysis) is 1. The van der Waals surface area contributed by atoms with Crippen LogP contribution in [0.15, 0.2) is 0 Å². The summed E-state index contributed by atoms with van der Waals surface area (Å²) >= 11 is 0. The van der Waals surface area contributed by atoms with Gasteiger partial charge < -0.3 is 24.6 Å². The van der Waals surface area contributed by atoms with Crippen LogP contribution in [-0.2, 0) is 24.3 Å². The first-order valence-electron chi connectivity index (χ1n) is 9.43. The monoisotopic (exact) mass is 413 g/mol. The molecule has 27 heavy (non-hydrogen) atoms. The van der Waals surface area contributed by atoms with E-state index in [1.165, 1.54) is 0 Å². The molecule has 0 rings (SSSR count). The average Bonchev–Trinajstić information content (AvgIpc) is 2.58. The highest BCUT2D eigenvalue weighted by Gasteiger charge is 2.28. The van der Waals surface area contributed by atoms with Crippen LogP contribution < -0.4 is 5.32 Å². The molecule has 0 aliphatic heterocycles. The molecule has 10 heteroatoms. The molecule has 0 heterocycles. The highest BCUT2D eigenvalue weighted by Crippen LogP contribution is 2.16. The largest absolute Gasteiger partial charge is 0.444 e. The predicted molar refractivity (Wildman–Crippen MR) is 101 cm³/mol. The van der Waals surface area contributed by atoms with Crippen molar-refractivity contribution in [3.05, 3.63) is 0 Å². The van der Waals surface area contributed by atoms with Gasteiger partial charge in [-0.1, -0.05) is 39.5 Å². The zero-order chi connectivity index (χ0) is 20.8. The van der Waals surface area contributed by atoms with Crippen LogP contribution in [0.25, 0.3) is 0 Å². The summed E-state index contributed by atoms with van der Waals surface area (Å²) in [6.07, 6.45) is 3.64. The van der Waals surface area contributed by atoms with Crippen molar-refractivity contribution in [1.82, 2.24) is 5.32 Å². The van der Waals surface area contributed by atoms with Crippen LogP contribution in [0.3, 0.4) is 0 Å². The summed E-state index contributed by atoms with van der Waals surface area (Å²) in [4.78, 5) is 11.7. The standard InChI is InChI=1S/C17H35NO8S/c1-4-6-8-10-25-17(3,26-11-9-7-5-2)14-24-16(20)18-12-15(19)13-27(21,22)23/h15,19H,4-14H2,1-3H3,(H,18,20)(H,21,22,23). The first-order chi connectivity index (χ1) is 12.6. The Morgan fingerprint density at radius 2 is 1.59 bits per heavy atom. The molecule has 0 fully saturated rings. The molecule has 1 amide bonds. The molecule has 1 unspecified atom stereocenters. The lowest BCUT2D eigenvalue weighted by Crippen LogP contribution is -2.42. The maximum Gasteiger partial charge on any atom is 0.407 e. The average molecular weight is 414 g/mol. The van der Waals surface area contributed by atoms with Gasteiger partial charge in [0.2, 0.25) is 0 Å². The number of amides is 1. The van der Waals surface area contributed by atoms with Crippen molar-refractivity contribution >= 4 is 16.2 Å². The topological polar surface area (TPSA) is 131 Å². The molecule has 0 bridgehead atoms. The number of hydrogen-bond donors (Lipinski definition) is 3. The third-order valence-electron chi connectivity index (χ3n) is 3.66. The first kappa shape index (κ1) is 26.1. The molecule has 0 aromatic carbocycles. The third-order valence-corrected chi connectivity index (χ3v) is 4.47. The molecule has 0 saturated carbocycles. The minimum absolute atomic E-state index is 0.147. The van der Waals surface area contributed by atoms with E-state index < -0.39 is 33.9 Å². The van der Waals surface area contributed by atoms with Gasteiger partial charge in [0.15, 0.2) is 5.79 Å². The number of aliphatic hydroxyl groups excluding tert-OH is 1. The second-order valence-corrected chi connectivity index (χ2v) is 8.10. The van der Waals surface area contributed by atoms with Crippen molar-refractivity contribution in [2.24, 2.45) is 0 Å². The Labute approximate surface area is 162 Å². The smallest absolute Gasteiger partial charge is 0.407 e. The van der Waals surface area contributed by atoms with Crippen molar-refractivity contribution in [2.45, 2.75) is 71.2 Å². The highest BCUT2D eigenvalue weighted by atomic mass is 32.2. The first-order valence-corrected chi connectivity index (χ1v) is 11.0. The number of unbranched alkanes of at least 4 members (excludes halogenated alkanes) is 4. The van der Waals surface area contributed by atoms with Crippen LogP contribution in [-0.4, -0.2) is 68.2 Å². The summed E-state index contributed by atoms with van der Waals surface area (Å²) in [5.74, 6) is -1.95. The van der Waals surface area contributed by atoms with Crippen molar-refractivity contribution in [3.63, 3.8) is 0 Å². The molecule has 0 aromatic rings. The van der Waals surface area contributed by atoms with E-state index in [0.29, 0.717) is 13.2 Å². The SMILES string of the molecule is CCCCCOC(C)(COC(=O)NCC(O)CS(=O)(=O)O)OCCCCC. The van der Waals surface area contributed by atoms with Crippen LogP contribution >= 0.6 is 0 Å². The Morgan fingerprint density at radius 3 is 2.04 bits per heavy atom. The normalized spacial score (nSPS) is 13.4. The van der Waals surface area contributed by atoms with E-state index in [1.54, 1.807) is 6.92 Å². The van der Waals surface area contributed by atoms with E-state index in [4.69, 9.17) is 18.8 Å². The van der Waals surface area contributed by atoms with Crippen molar-refractivity contribution < 1.29 is 37.1 Å². The number of nitrogens with one attached hydrogen (secondary N) is 1. The Morgan fingerprint density at radius 1 is 1.07 bits per heavy atom. The quantitative estimate of drug-likeness (QED) is 0.199. The molecule has 0 radical (unpaired) electrons. The van der Waals surface area contributed by atoms with Crippen LogP contribution in [0.4, 0.5) is 4.79 Å². The summed E-state index contributed by atoms with van der Waals surface area (Å²) in [6.45, 7) is 6.32. The number of aliphatic hydroxyl groups is 1. The third kappa shape index (κ3) is 15.8. The van der Waals surface area contributed by atoms with Gasteiger partial charge in [0.05, 0.1) is 19.3 Å². The fourth-order valence-corrected chi connectivity index (χ4v) is 2.76. The lowest BCUT2D eigenvalue weighted by molar-refractivity contribution is -0.243. The van der Waals surface area contributed by atoms with Crippen LogP contribution in [0.2, 0.25) is 0 Å². The summed E-state index contributed by atoms with van der Waals surface area (Å²) in [6, 6.07) is 0. The van der Waals surface area contributed by atoms with Gasteiger partial charge in [0.25, 0.3) is 10.1 Å². The Balaban J connectivity index is 4.38. The van der Waals surface area contributed by atoms with E-state index in [1.807, 2.05) is 0 Å². The van der Waals surface area contributed by atoms with E-state index >= 15 is 0 Å². The zero-order valence-corrected chi connectivity index (χ0v) is 17.4. The van der Waals surface area contributed by atoms with Gasteiger partial charge in [-0.15, -0.1) is 0 Å². The Bertz CT molecular complexity index is 485. The molecule has 3 N–H and O–H groups in total. The predicted octanol–water partition coefficient (Wildman–Crippen LogP) is 2.09. The fourth-order valence-electron chi connectivity index (χ4n) is 2.16. The highest BCUT2D eigenvalue weighted by molar-refractivity contribution is 7.85. The van der Waals surface area contributed by atoms with E-state index in [9.17, 15) is 18.3 Å². The summed E-state index contributed by atoms with van der Waals surface area (Å²) in [5.41, 5.74) is 0. The number of ether oxygens (including phenoxy) is 3. The lowest BCUT2D eigenvalue weighted by Gasteiger charge is -2.29. The minimum atomic E-state index is -4.32. The zero-order valence-electron chi connectivity index (χ0n) is 16.6. The van der Waals surface area contributed by atoms with Gasteiger partial charge in [0.1, 0.15) is 12.4 Å². The van der Waals surface area contributed by atoms with E-state index in [-0.39, 0.29) is 13.2 Å². The second-order valence-electron chi connectivity index (χ2n) is 6.60. The molecule has 9 nitrogen and oxygen atoms in total. The number of carbonyl (C=O) groups excluding carboxylic acids is 1. The fraction of sp³-hybridized carbons (Fsp3) is 0.941. The summed E-state index contributed by atoms with van der Waals surface area (Å²) in [5, 5.41) is 11.7. The van der Waals surface area contributed by atoms with Gasteiger partial charge >= 0.3 is 6.09 Å². The van der Waals surface area contributed by atoms with Gasteiger partial charge in [0, 0.05) is 6.54 Å². The number of carbonyl (C=O) groups is 1. The van der Waals surface area contributed by atoms with Crippen LogP contribution in [0.1, 0.15) is 59.3 Å². The molecule has 0 aliphatic rings. The molecule has 0 spiro atoms. The number of hydrogen-bond acceptors (Lipinski definition) is 7. The molecule has 1 atom stereocenters. The molecule has 0 saturated heterocycles. The van der Waals surface area contributed by atoms with Gasteiger partial charge in [-0.25, -0.2) is 4.79 Å². The van der Waals surface area contributed by atoms with Crippen molar-refractivity contribution in [2.75, 3.05) is 32.1 Å². The van der Waals surface area contributed by atoms with E-state index in [0.717, 1.165) is 38.5 Å². The van der Waals surface area contributed by atoms with E-state index in [2.05, 4.69) is 19.2 Å². The Hall–Kier alpha value is -0.940.